The Labute approximate surface area is 151 Å². The van der Waals surface area contributed by atoms with E-state index in [4.69, 9.17) is 23.2 Å². The Kier molecular flexibility index (Phi) is 5.63. The van der Waals surface area contributed by atoms with Gasteiger partial charge in [-0.05, 0) is 24.1 Å². The molecule has 0 radical (unpaired) electrons. The van der Waals surface area contributed by atoms with Crippen molar-refractivity contribution in [2.24, 2.45) is 5.41 Å². The van der Waals surface area contributed by atoms with Gasteiger partial charge in [-0.15, -0.1) is 13.2 Å². The molecule has 0 aliphatic rings. The highest BCUT2D eigenvalue weighted by Crippen LogP contribution is 2.37. The van der Waals surface area contributed by atoms with Crippen LogP contribution in [0, 0.1) is 5.41 Å². The van der Waals surface area contributed by atoms with E-state index in [1.54, 1.807) is 13.8 Å². The van der Waals surface area contributed by atoms with E-state index >= 15 is 0 Å². The van der Waals surface area contributed by atoms with Crippen molar-refractivity contribution in [3.05, 3.63) is 40.4 Å². The predicted molar refractivity (Wildman–Crippen MR) is 85.7 cm³/mol. The number of halogens is 5. The van der Waals surface area contributed by atoms with Gasteiger partial charge in [-0.2, -0.15) is 5.10 Å². The summed E-state index contributed by atoms with van der Waals surface area (Å²) in [6.45, 7) is 3.40. The van der Waals surface area contributed by atoms with Crippen LogP contribution in [0.1, 0.15) is 19.4 Å². The van der Waals surface area contributed by atoms with E-state index in [-0.39, 0.29) is 28.8 Å². The van der Waals surface area contributed by atoms with E-state index in [2.05, 4.69) is 14.8 Å². The molecule has 0 aliphatic carbocycles. The number of benzene rings is 1. The highest BCUT2D eigenvalue weighted by atomic mass is 35.5. The maximum Gasteiger partial charge on any atom is 0.573 e. The summed E-state index contributed by atoms with van der Waals surface area (Å²) >= 11 is 12.1. The van der Waals surface area contributed by atoms with E-state index in [0.29, 0.717) is 5.56 Å². The number of hydrogen-bond donors (Lipinski definition) is 0. The zero-order valence-corrected chi connectivity index (χ0v) is 14.8. The fourth-order valence-electron chi connectivity index (χ4n) is 2.16. The predicted octanol–water partition coefficient (Wildman–Crippen LogP) is 4.32. The lowest BCUT2D eigenvalue weighted by Crippen LogP contribution is -2.30. The van der Waals surface area contributed by atoms with E-state index in [9.17, 15) is 18.0 Å². The van der Waals surface area contributed by atoms with Crippen LogP contribution >= 0.6 is 23.2 Å². The summed E-state index contributed by atoms with van der Waals surface area (Å²) in [6.07, 6.45) is -1.98. The van der Waals surface area contributed by atoms with Crippen molar-refractivity contribution in [2.45, 2.75) is 33.2 Å². The molecule has 0 fully saturated rings. The van der Waals surface area contributed by atoms with E-state index in [1.807, 2.05) is 0 Å². The standard InChI is InChI=1S/C15H14Cl2F3N3O2/c1-14(2,13(24)6-23-8-21-7-22-23)5-10-11(16)3-9(4-12(10)17)25-15(18,19)20/h3-4,7-8H,5-6H2,1-2H3. The molecule has 0 saturated heterocycles. The van der Waals surface area contributed by atoms with Crippen molar-refractivity contribution in [1.82, 2.24) is 14.8 Å². The molecule has 0 N–H and O–H groups in total. The molecule has 0 unspecified atom stereocenters. The molecule has 1 aromatic heterocycles. The Bertz CT molecular complexity index is 739. The Morgan fingerprint density at radius 1 is 1.24 bits per heavy atom. The molecule has 1 aromatic carbocycles. The molecule has 1 heterocycles. The van der Waals surface area contributed by atoms with E-state index < -0.39 is 17.5 Å². The van der Waals surface area contributed by atoms with Gasteiger partial charge in [-0.25, -0.2) is 9.67 Å². The molecule has 25 heavy (non-hydrogen) atoms. The molecule has 0 bridgehead atoms. The summed E-state index contributed by atoms with van der Waals surface area (Å²) < 4.78 is 42.1. The van der Waals surface area contributed by atoms with Crippen LogP contribution in [0.4, 0.5) is 13.2 Å². The number of Topliss-reactive ketones (excluding diaryl/α,β-unsaturated/α-hetero) is 1. The van der Waals surface area contributed by atoms with Gasteiger partial charge in [0.25, 0.3) is 0 Å². The second kappa shape index (κ2) is 7.21. The van der Waals surface area contributed by atoms with Crippen molar-refractivity contribution >= 4 is 29.0 Å². The summed E-state index contributed by atoms with van der Waals surface area (Å²) in [5.41, 5.74) is -0.499. The van der Waals surface area contributed by atoms with Crippen LogP contribution in [0.5, 0.6) is 5.75 Å². The summed E-state index contributed by atoms with van der Waals surface area (Å²) in [6, 6.07) is 2.04. The van der Waals surface area contributed by atoms with Gasteiger partial charge in [0.15, 0.2) is 5.78 Å². The van der Waals surface area contributed by atoms with Gasteiger partial charge < -0.3 is 4.74 Å². The third-order valence-corrected chi connectivity index (χ3v) is 4.17. The molecule has 10 heteroatoms. The van der Waals surface area contributed by atoms with Crippen molar-refractivity contribution in [3.63, 3.8) is 0 Å². The first-order chi connectivity index (χ1) is 11.5. The Balaban J connectivity index is 2.19. The van der Waals surface area contributed by atoms with Crippen LogP contribution in [0.2, 0.25) is 10.0 Å². The van der Waals surface area contributed by atoms with Crippen LogP contribution in [-0.2, 0) is 17.8 Å². The third kappa shape index (κ3) is 5.34. The lowest BCUT2D eigenvalue weighted by molar-refractivity contribution is -0.274. The monoisotopic (exact) mass is 395 g/mol. The van der Waals surface area contributed by atoms with Gasteiger partial charge in [0, 0.05) is 15.5 Å². The van der Waals surface area contributed by atoms with Gasteiger partial charge in [0.2, 0.25) is 0 Å². The first-order valence-corrected chi connectivity index (χ1v) is 7.83. The van der Waals surface area contributed by atoms with Crippen LogP contribution in [-0.4, -0.2) is 26.9 Å². The second-order valence-electron chi connectivity index (χ2n) is 5.99. The zero-order chi connectivity index (χ0) is 18.8. The fourth-order valence-corrected chi connectivity index (χ4v) is 2.76. The number of rotatable bonds is 6. The number of carbonyl (C=O) groups is 1. The largest absolute Gasteiger partial charge is 0.573 e. The number of nitrogens with zero attached hydrogens (tertiary/aromatic N) is 3. The fraction of sp³-hybridized carbons (Fsp3) is 0.400. The molecule has 136 valence electrons. The van der Waals surface area contributed by atoms with Crippen molar-refractivity contribution in [2.75, 3.05) is 0 Å². The normalized spacial score (nSPS) is 12.3. The number of ether oxygens (including phenoxy) is 1. The van der Waals surface area contributed by atoms with Crippen LogP contribution in [0.25, 0.3) is 0 Å². The number of aromatic nitrogens is 3. The lowest BCUT2D eigenvalue weighted by atomic mass is 9.81. The molecule has 0 saturated carbocycles. The number of carbonyl (C=O) groups excluding carboxylic acids is 1. The first kappa shape index (κ1) is 19.5. The summed E-state index contributed by atoms with van der Waals surface area (Å²) in [5.74, 6) is -0.668. The van der Waals surface area contributed by atoms with Gasteiger partial charge in [0.05, 0.1) is 0 Å². The quantitative estimate of drug-likeness (QED) is 0.730. The minimum absolute atomic E-state index is 0.00613. The molecular formula is C15H14Cl2F3N3O2. The van der Waals surface area contributed by atoms with Crippen molar-refractivity contribution in [3.8, 4) is 5.75 Å². The Hall–Kier alpha value is -1.80. The summed E-state index contributed by atoms with van der Waals surface area (Å²) in [7, 11) is 0. The highest BCUT2D eigenvalue weighted by molar-refractivity contribution is 6.36. The van der Waals surface area contributed by atoms with Gasteiger partial charge in [-0.1, -0.05) is 37.0 Å². The van der Waals surface area contributed by atoms with E-state index in [1.165, 1.54) is 17.3 Å². The topological polar surface area (TPSA) is 57.0 Å². The number of alkyl halides is 3. The first-order valence-electron chi connectivity index (χ1n) is 7.07. The van der Waals surface area contributed by atoms with Crippen molar-refractivity contribution < 1.29 is 22.7 Å². The lowest BCUT2D eigenvalue weighted by Gasteiger charge is -2.24. The van der Waals surface area contributed by atoms with E-state index in [0.717, 1.165) is 12.1 Å². The minimum atomic E-state index is -4.85. The minimum Gasteiger partial charge on any atom is -0.406 e. The molecule has 2 aromatic rings. The molecular weight excluding hydrogens is 382 g/mol. The Morgan fingerprint density at radius 3 is 2.32 bits per heavy atom. The van der Waals surface area contributed by atoms with Crippen molar-refractivity contribution in [1.29, 1.82) is 0 Å². The maximum atomic E-state index is 12.5. The van der Waals surface area contributed by atoms with Crippen LogP contribution in [0.3, 0.4) is 0 Å². The second-order valence-corrected chi connectivity index (χ2v) is 6.80. The summed E-state index contributed by atoms with van der Waals surface area (Å²) in [4.78, 5) is 16.2. The molecule has 5 nitrogen and oxygen atoms in total. The molecule has 0 spiro atoms. The third-order valence-electron chi connectivity index (χ3n) is 3.49. The maximum absolute atomic E-state index is 12.5. The van der Waals surface area contributed by atoms with Gasteiger partial charge in [0.1, 0.15) is 24.9 Å². The van der Waals surface area contributed by atoms with Gasteiger partial charge >= 0.3 is 6.36 Å². The molecule has 0 amide bonds. The average molecular weight is 396 g/mol. The number of hydrogen-bond acceptors (Lipinski definition) is 4. The molecule has 0 atom stereocenters. The average Bonchev–Trinajstić information content (AvgIpc) is 2.94. The molecule has 0 aliphatic heterocycles. The molecule has 2 rings (SSSR count). The van der Waals surface area contributed by atoms with Crippen LogP contribution < -0.4 is 4.74 Å². The van der Waals surface area contributed by atoms with Gasteiger partial charge in [-0.3, -0.25) is 4.79 Å². The zero-order valence-electron chi connectivity index (χ0n) is 13.3. The van der Waals surface area contributed by atoms with Crippen LogP contribution in [0.15, 0.2) is 24.8 Å². The summed E-state index contributed by atoms with van der Waals surface area (Å²) in [5, 5.41) is 3.85. The SMILES string of the molecule is CC(C)(Cc1c(Cl)cc(OC(F)(F)F)cc1Cl)C(=O)Cn1cncn1. The highest BCUT2D eigenvalue weighted by Gasteiger charge is 2.33. The Morgan fingerprint density at radius 2 is 1.84 bits per heavy atom. The number of ketones is 1. The smallest absolute Gasteiger partial charge is 0.406 e.